The van der Waals surface area contributed by atoms with E-state index in [4.69, 9.17) is 9.84 Å². The van der Waals surface area contributed by atoms with Gasteiger partial charge in [0.2, 0.25) is 5.91 Å². The van der Waals surface area contributed by atoms with Gasteiger partial charge in [0.05, 0.1) is 13.2 Å². The minimum Gasteiger partial charge on any atom is -0.478 e. The summed E-state index contributed by atoms with van der Waals surface area (Å²) < 4.78 is 5.34. The number of hydrogen-bond acceptors (Lipinski definition) is 4. The zero-order valence-electron chi connectivity index (χ0n) is 20.5. The Labute approximate surface area is 203 Å². The second-order valence-corrected chi connectivity index (χ2v) is 10.2. The van der Waals surface area contributed by atoms with Crippen LogP contribution in [0.15, 0.2) is 12.2 Å². The van der Waals surface area contributed by atoms with Crippen LogP contribution in [-0.4, -0.2) is 66.3 Å². The number of hydrogen-bond donors (Lipinski definition) is 3. The third kappa shape index (κ3) is 9.28. The monoisotopic (exact) mass is 477 g/mol. The molecule has 3 N–H and O–H groups in total. The lowest BCUT2D eigenvalue weighted by molar-refractivity contribution is -0.131. The molecular weight excluding hydrogens is 434 g/mol. The van der Waals surface area contributed by atoms with Crippen LogP contribution in [0.5, 0.6) is 0 Å². The van der Waals surface area contributed by atoms with Gasteiger partial charge < -0.3 is 25.4 Å². The highest BCUT2D eigenvalue weighted by molar-refractivity contribution is 5.87. The first-order valence-corrected chi connectivity index (χ1v) is 13.4. The Hall–Kier alpha value is -2.09. The number of nitrogens with zero attached hydrogens (tertiary/aromatic N) is 1. The Morgan fingerprint density at radius 1 is 0.912 bits per heavy atom. The zero-order valence-corrected chi connectivity index (χ0v) is 20.5. The first-order valence-electron chi connectivity index (χ1n) is 13.4. The molecule has 0 aromatic carbocycles. The zero-order chi connectivity index (χ0) is 24.2. The Morgan fingerprint density at radius 3 is 2.15 bits per heavy atom. The van der Waals surface area contributed by atoms with Gasteiger partial charge in [0.15, 0.2) is 0 Å². The van der Waals surface area contributed by atoms with Crippen molar-refractivity contribution < 1.29 is 24.2 Å². The van der Waals surface area contributed by atoms with E-state index in [2.05, 4.69) is 10.6 Å². The summed E-state index contributed by atoms with van der Waals surface area (Å²) >= 11 is 0. The molecule has 0 bridgehead atoms. The lowest BCUT2D eigenvalue weighted by Gasteiger charge is -2.31. The molecule has 1 unspecified atom stereocenters. The van der Waals surface area contributed by atoms with Crippen molar-refractivity contribution in [1.29, 1.82) is 0 Å². The average molecular weight is 478 g/mol. The molecule has 192 valence electrons. The van der Waals surface area contributed by atoms with Gasteiger partial charge >= 0.3 is 12.0 Å². The van der Waals surface area contributed by atoms with Crippen LogP contribution >= 0.6 is 0 Å². The first-order chi connectivity index (χ1) is 16.5. The molecule has 3 rings (SSSR count). The minimum atomic E-state index is -1.02. The van der Waals surface area contributed by atoms with Crippen molar-refractivity contribution in [3.8, 4) is 0 Å². The number of aliphatic carboxylic acids is 1. The normalized spacial score (nSPS) is 22.3. The Kier molecular flexibility index (Phi) is 11.2. The summed E-state index contributed by atoms with van der Waals surface area (Å²) in [6, 6.07) is -1.19. The van der Waals surface area contributed by atoms with Crippen molar-refractivity contribution >= 4 is 17.9 Å². The fourth-order valence-electron chi connectivity index (χ4n) is 5.58. The molecule has 1 saturated heterocycles. The number of ether oxygens (including phenoxy) is 1. The van der Waals surface area contributed by atoms with E-state index in [1.165, 1.54) is 51.4 Å². The van der Waals surface area contributed by atoms with Gasteiger partial charge in [-0.05, 0) is 31.1 Å². The van der Waals surface area contributed by atoms with E-state index < -0.39 is 12.0 Å². The highest BCUT2D eigenvalue weighted by Gasteiger charge is 2.29. The maximum Gasteiger partial charge on any atom is 0.328 e. The number of carbonyl (C=O) groups excluding carboxylic acids is 2. The minimum absolute atomic E-state index is 0.212. The van der Waals surface area contributed by atoms with E-state index in [0.717, 1.165) is 25.3 Å². The smallest absolute Gasteiger partial charge is 0.328 e. The van der Waals surface area contributed by atoms with Crippen LogP contribution in [0, 0.1) is 11.8 Å². The quantitative estimate of drug-likeness (QED) is 0.414. The standard InChI is InChI=1S/C26H43N3O5/c30-24(31)14-13-22(12-11-20-7-3-1-4-8-20)27-25(32)23(19-21-9-5-2-6-10-21)28-26(33)29-15-17-34-18-16-29/h13-14,20-23H,1-12,15-19H2,(H,27,32)(H,28,33)(H,30,31)/b14-13+/t22?,23-/m0/s1. The lowest BCUT2D eigenvalue weighted by Crippen LogP contribution is -2.55. The number of morpholine rings is 1. The number of carboxylic acids is 1. The van der Waals surface area contributed by atoms with Gasteiger partial charge in [-0.25, -0.2) is 9.59 Å². The van der Waals surface area contributed by atoms with E-state index in [9.17, 15) is 14.4 Å². The van der Waals surface area contributed by atoms with Crippen molar-refractivity contribution in [2.75, 3.05) is 26.3 Å². The molecular formula is C26H43N3O5. The first kappa shape index (κ1) is 26.5. The summed E-state index contributed by atoms with van der Waals surface area (Å²) in [5.41, 5.74) is 0. The molecule has 8 nitrogen and oxygen atoms in total. The van der Waals surface area contributed by atoms with Crippen LogP contribution in [-0.2, 0) is 14.3 Å². The van der Waals surface area contributed by atoms with Crippen LogP contribution in [0.4, 0.5) is 4.79 Å². The van der Waals surface area contributed by atoms with Gasteiger partial charge in [-0.1, -0.05) is 70.3 Å². The van der Waals surface area contributed by atoms with E-state index in [-0.39, 0.29) is 18.0 Å². The molecule has 2 saturated carbocycles. The summed E-state index contributed by atoms with van der Waals surface area (Å²) in [5.74, 6) is -0.165. The molecule has 0 aromatic rings. The fourth-order valence-corrected chi connectivity index (χ4v) is 5.58. The Balaban J connectivity index is 1.63. The van der Waals surface area contributed by atoms with Crippen molar-refractivity contribution in [2.24, 2.45) is 11.8 Å². The molecule has 8 heteroatoms. The Morgan fingerprint density at radius 2 is 1.53 bits per heavy atom. The molecule has 3 amide bonds. The second-order valence-electron chi connectivity index (χ2n) is 10.2. The maximum atomic E-state index is 13.4. The lowest BCUT2D eigenvalue weighted by atomic mass is 9.84. The van der Waals surface area contributed by atoms with E-state index in [1.54, 1.807) is 11.0 Å². The van der Waals surface area contributed by atoms with E-state index >= 15 is 0 Å². The summed E-state index contributed by atoms with van der Waals surface area (Å²) in [6.07, 6.45) is 17.0. The molecule has 1 heterocycles. The van der Waals surface area contributed by atoms with Crippen molar-refractivity contribution in [3.05, 3.63) is 12.2 Å². The molecule has 1 aliphatic heterocycles. The molecule has 34 heavy (non-hydrogen) atoms. The van der Waals surface area contributed by atoms with E-state index in [0.29, 0.717) is 51.0 Å². The van der Waals surface area contributed by atoms with Crippen LogP contribution < -0.4 is 10.6 Å². The van der Waals surface area contributed by atoms with Gasteiger partial charge in [-0.2, -0.15) is 0 Å². The second kappa shape index (κ2) is 14.3. The molecule has 0 radical (unpaired) electrons. The maximum absolute atomic E-state index is 13.4. The molecule has 0 spiro atoms. The average Bonchev–Trinajstić information content (AvgIpc) is 2.86. The van der Waals surface area contributed by atoms with Crippen molar-refractivity contribution in [2.45, 2.75) is 95.6 Å². The Bertz CT molecular complexity index is 680. The number of carbonyl (C=O) groups is 3. The van der Waals surface area contributed by atoms with Crippen molar-refractivity contribution in [3.63, 3.8) is 0 Å². The third-order valence-electron chi connectivity index (χ3n) is 7.62. The van der Waals surface area contributed by atoms with Crippen LogP contribution in [0.3, 0.4) is 0 Å². The number of carboxylic acid groups (broad SMARTS) is 1. The predicted molar refractivity (Wildman–Crippen MR) is 130 cm³/mol. The molecule has 0 aromatic heterocycles. The van der Waals surface area contributed by atoms with Crippen LogP contribution in [0.1, 0.15) is 83.5 Å². The van der Waals surface area contributed by atoms with Gasteiger partial charge in [0, 0.05) is 25.2 Å². The fraction of sp³-hybridized carbons (Fsp3) is 0.808. The molecule has 3 fully saturated rings. The summed E-state index contributed by atoms with van der Waals surface area (Å²) in [6.45, 7) is 2.07. The summed E-state index contributed by atoms with van der Waals surface area (Å²) in [7, 11) is 0. The van der Waals surface area contributed by atoms with Crippen LogP contribution in [0.2, 0.25) is 0 Å². The summed E-state index contributed by atoms with van der Waals surface area (Å²) in [4.78, 5) is 39.1. The molecule has 2 aliphatic carbocycles. The highest BCUT2D eigenvalue weighted by Crippen LogP contribution is 2.29. The number of nitrogens with one attached hydrogen (secondary N) is 2. The van der Waals surface area contributed by atoms with Crippen LogP contribution in [0.25, 0.3) is 0 Å². The van der Waals surface area contributed by atoms with Gasteiger partial charge in [0.1, 0.15) is 6.04 Å². The number of amides is 3. The van der Waals surface area contributed by atoms with E-state index in [1.807, 2.05) is 0 Å². The largest absolute Gasteiger partial charge is 0.478 e. The number of urea groups is 1. The van der Waals surface area contributed by atoms with Gasteiger partial charge in [-0.15, -0.1) is 0 Å². The molecule has 3 aliphatic rings. The predicted octanol–water partition coefficient (Wildman–Crippen LogP) is 3.85. The number of rotatable bonds is 10. The van der Waals surface area contributed by atoms with Crippen molar-refractivity contribution in [1.82, 2.24) is 15.5 Å². The summed E-state index contributed by atoms with van der Waals surface area (Å²) in [5, 5.41) is 15.2. The molecule has 2 atom stereocenters. The highest BCUT2D eigenvalue weighted by atomic mass is 16.5. The topological polar surface area (TPSA) is 108 Å². The van der Waals surface area contributed by atoms with Gasteiger partial charge in [0.25, 0.3) is 0 Å². The van der Waals surface area contributed by atoms with Gasteiger partial charge in [-0.3, -0.25) is 4.79 Å². The third-order valence-corrected chi connectivity index (χ3v) is 7.62. The SMILES string of the molecule is O=C(O)/C=C/C(CCC1CCCCC1)NC(=O)[C@H](CC1CCCCC1)NC(=O)N1CCOCC1.